The first kappa shape index (κ1) is 10.8. The molecule has 0 bridgehead atoms. The number of hydrogen-bond acceptors (Lipinski definition) is 4. The highest BCUT2D eigenvalue weighted by molar-refractivity contribution is 9.10. The number of nitrogens with zero attached hydrogens (tertiary/aromatic N) is 2. The second-order valence-electron chi connectivity index (χ2n) is 4.39. The third-order valence-electron chi connectivity index (χ3n) is 2.88. The summed E-state index contributed by atoms with van der Waals surface area (Å²) >= 11 is 3.37. The predicted molar refractivity (Wildman–Crippen MR) is 68.3 cm³/mol. The van der Waals surface area contributed by atoms with Gasteiger partial charge in [-0.2, -0.15) is 4.98 Å². The van der Waals surface area contributed by atoms with E-state index in [1.165, 1.54) is 12.8 Å². The van der Waals surface area contributed by atoms with Crippen LogP contribution in [0.3, 0.4) is 0 Å². The van der Waals surface area contributed by atoms with Crippen molar-refractivity contribution in [3.05, 3.63) is 28.5 Å². The third kappa shape index (κ3) is 2.34. The van der Waals surface area contributed by atoms with E-state index in [2.05, 4.69) is 26.1 Å². The molecule has 88 valence electrons. The van der Waals surface area contributed by atoms with Gasteiger partial charge in [0.15, 0.2) is 5.82 Å². The Morgan fingerprint density at radius 1 is 1.41 bits per heavy atom. The van der Waals surface area contributed by atoms with E-state index in [1.54, 1.807) is 0 Å². The summed E-state index contributed by atoms with van der Waals surface area (Å²) in [7, 11) is 0. The van der Waals surface area contributed by atoms with Gasteiger partial charge >= 0.3 is 0 Å². The smallest absolute Gasteiger partial charge is 0.260 e. The van der Waals surface area contributed by atoms with Crippen LogP contribution in [-0.4, -0.2) is 10.1 Å². The van der Waals surface area contributed by atoms with E-state index in [0.717, 1.165) is 28.2 Å². The van der Waals surface area contributed by atoms with E-state index < -0.39 is 0 Å². The van der Waals surface area contributed by atoms with Gasteiger partial charge in [0.2, 0.25) is 0 Å². The van der Waals surface area contributed by atoms with Crippen LogP contribution in [0, 0.1) is 5.92 Å². The Kier molecular flexibility index (Phi) is 2.63. The average molecular weight is 294 g/mol. The van der Waals surface area contributed by atoms with Crippen molar-refractivity contribution in [1.82, 2.24) is 10.1 Å². The van der Waals surface area contributed by atoms with Crippen molar-refractivity contribution < 1.29 is 4.52 Å². The summed E-state index contributed by atoms with van der Waals surface area (Å²) in [4.78, 5) is 4.38. The van der Waals surface area contributed by atoms with E-state index in [-0.39, 0.29) is 0 Å². The molecule has 2 aromatic rings. The highest BCUT2D eigenvalue weighted by Gasteiger charge is 2.24. The Morgan fingerprint density at radius 2 is 2.24 bits per heavy atom. The van der Waals surface area contributed by atoms with E-state index in [9.17, 15) is 0 Å². The number of anilines is 1. The lowest BCUT2D eigenvalue weighted by Crippen LogP contribution is -1.92. The SMILES string of the molecule is Nc1cc(Br)ccc1-c1nc(CC2CC2)no1. The summed E-state index contributed by atoms with van der Waals surface area (Å²) in [6, 6.07) is 5.63. The van der Waals surface area contributed by atoms with E-state index >= 15 is 0 Å². The lowest BCUT2D eigenvalue weighted by Gasteiger charge is -2.00. The standard InChI is InChI=1S/C12H12BrN3O/c13-8-3-4-9(10(14)6-8)12-15-11(16-17-12)5-7-1-2-7/h3-4,6-7H,1-2,5,14H2. The van der Waals surface area contributed by atoms with Crippen LogP contribution in [-0.2, 0) is 6.42 Å². The molecule has 3 rings (SSSR count). The fourth-order valence-corrected chi connectivity index (χ4v) is 2.13. The highest BCUT2D eigenvalue weighted by Crippen LogP contribution is 2.33. The van der Waals surface area contributed by atoms with Crippen molar-refractivity contribution in [3.8, 4) is 11.5 Å². The quantitative estimate of drug-likeness (QED) is 0.884. The molecule has 1 saturated carbocycles. The topological polar surface area (TPSA) is 64.9 Å². The summed E-state index contributed by atoms with van der Waals surface area (Å²) in [5.41, 5.74) is 7.35. The highest BCUT2D eigenvalue weighted by atomic mass is 79.9. The fourth-order valence-electron chi connectivity index (χ4n) is 1.75. The molecule has 1 aliphatic rings. The van der Waals surface area contributed by atoms with Crippen LogP contribution < -0.4 is 5.73 Å². The second-order valence-corrected chi connectivity index (χ2v) is 5.31. The zero-order chi connectivity index (χ0) is 11.8. The molecule has 1 aliphatic carbocycles. The number of benzene rings is 1. The molecular weight excluding hydrogens is 282 g/mol. The number of halogens is 1. The van der Waals surface area contributed by atoms with Gasteiger partial charge in [0.1, 0.15) is 0 Å². The molecule has 0 amide bonds. The van der Waals surface area contributed by atoms with Crippen molar-refractivity contribution >= 4 is 21.6 Å². The van der Waals surface area contributed by atoms with Gasteiger partial charge in [-0.1, -0.05) is 21.1 Å². The van der Waals surface area contributed by atoms with Gasteiger partial charge in [-0.15, -0.1) is 0 Å². The van der Waals surface area contributed by atoms with Crippen molar-refractivity contribution in [1.29, 1.82) is 0 Å². The van der Waals surface area contributed by atoms with Gasteiger partial charge in [0, 0.05) is 16.6 Å². The number of rotatable bonds is 3. The number of aromatic nitrogens is 2. The molecule has 0 unspecified atom stereocenters. The minimum atomic E-state index is 0.505. The van der Waals surface area contributed by atoms with Crippen molar-refractivity contribution in [3.63, 3.8) is 0 Å². The van der Waals surface area contributed by atoms with Crippen LogP contribution in [0.25, 0.3) is 11.5 Å². The normalized spacial score (nSPS) is 15.1. The van der Waals surface area contributed by atoms with Gasteiger partial charge in [0.25, 0.3) is 5.89 Å². The minimum Gasteiger partial charge on any atom is -0.398 e. The van der Waals surface area contributed by atoms with E-state index in [1.807, 2.05) is 18.2 Å². The van der Waals surface area contributed by atoms with E-state index in [4.69, 9.17) is 10.3 Å². The van der Waals surface area contributed by atoms with Gasteiger partial charge in [-0.3, -0.25) is 0 Å². The summed E-state index contributed by atoms with van der Waals surface area (Å²) < 4.78 is 6.18. The zero-order valence-electron chi connectivity index (χ0n) is 9.19. The predicted octanol–water partition coefficient (Wildman–Crippen LogP) is 3.03. The molecule has 5 heteroatoms. The van der Waals surface area contributed by atoms with Gasteiger partial charge in [-0.25, -0.2) is 0 Å². The van der Waals surface area contributed by atoms with Gasteiger partial charge in [0.05, 0.1) is 5.56 Å². The molecule has 0 aliphatic heterocycles. The maximum absolute atomic E-state index is 5.92. The van der Waals surface area contributed by atoms with Crippen LogP contribution in [0.2, 0.25) is 0 Å². The van der Waals surface area contributed by atoms with Gasteiger partial charge < -0.3 is 10.3 Å². The summed E-state index contributed by atoms with van der Waals surface area (Å²) in [5.74, 6) is 2.04. The Morgan fingerprint density at radius 3 is 2.94 bits per heavy atom. The summed E-state index contributed by atoms with van der Waals surface area (Å²) in [6.45, 7) is 0. The summed E-state index contributed by atoms with van der Waals surface area (Å²) in [6.07, 6.45) is 3.48. The maximum atomic E-state index is 5.92. The second kappa shape index (κ2) is 4.14. The van der Waals surface area contributed by atoms with Crippen LogP contribution in [0.15, 0.2) is 27.2 Å². The monoisotopic (exact) mass is 293 g/mol. The van der Waals surface area contributed by atoms with Gasteiger partial charge in [-0.05, 0) is 37.0 Å². The first-order valence-electron chi connectivity index (χ1n) is 5.60. The van der Waals surface area contributed by atoms with E-state index in [0.29, 0.717) is 11.6 Å². The zero-order valence-corrected chi connectivity index (χ0v) is 10.8. The molecule has 1 heterocycles. The first-order valence-corrected chi connectivity index (χ1v) is 6.39. The van der Waals surface area contributed by atoms with Crippen LogP contribution in [0.5, 0.6) is 0 Å². The molecule has 4 nitrogen and oxygen atoms in total. The molecule has 17 heavy (non-hydrogen) atoms. The van der Waals surface area contributed by atoms with Crippen molar-refractivity contribution in [2.75, 3.05) is 5.73 Å². The molecule has 0 atom stereocenters. The number of nitrogens with two attached hydrogens (primary N) is 1. The molecule has 0 spiro atoms. The molecular formula is C12H12BrN3O. The third-order valence-corrected chi connectivity index (χ3v) is 3.37. The summed E-state index contributed by atoms with van der Waals surface area (Å²) in [5, 5.41) is 3.98. The Labute approximate surface area is 107 Å². The lowest BCUT2D eigenvalue weighted by atomic mass is 10.2. The van der Waals surface area contributed by atoms with Crippen LogP contribution >= 0.6 is 15.9 Å². The Balaban J connectivity index is 1.89. The Hall–Kier alpha value is -1.36. The molecule has 1 aromatic heterocycles. The molecule has 1 aromatic carbocycles. The molecule has 0 saturated heterocycles. The fraction of sp³-hybridized carbons (Fsp3) is 0.333. The lowest BCUT2D eigenvalue weighted by molar-refractivity contribution is 0.421. The molecule has 0 radical (unpaired) electrons. The largest absolute Gasteiger partial charge is 0.398 e. The van der Waals surface area contributed by atoms with Crippen LogP contribution in [0.1, 0.15) is 18.7 Å². The minimum absolute atomic E-state index is 0.505. The Bertz CT molecular complexity index is 548. The molecule has 2 N–H and O–H groups in total. The number of hydrogen-bond donors (Lipinski definition) is 1. The molecule has 1 fully saturated rings. The van der Waals surface area contributed by atoms with Crippen molar-refractivity contribution in [2.45, 2.75) is 19.3 Å². The maximum Gasteiger partial charge on any atom is 0.260 e. The van der Waals surface area contributed by atoms with Crippen molar-refractivity contribution in [2.24, 2.45) is 5.92 Å². The van der Waals surface area contributed by atoms with Crippen LogP contribution in [0.4, 0.5) is 5.69 Å². The number of nitrogen functional groups attached to an aromatic ring is 1. The first-order chi connectivity index (χ1) is 8.22. The average Bonchev–Trinajstić information content (AvgIpc) is 2.96.